The molecule has 1 aromatic carbocycles. The van der Waals surface area contributed by atoms with E-state index in [0.717, 1.165) is 6.54 Å². The Kier molecular flexibility index (Phi) is 3.98. The molecule has 1 aliphatic heterocycles. The van der Waals surface area contributed by atoms with Crippen molar-refractivity contribution in [3.63, 3.8) is 0 Å². The number of hydrogen-bond donors (Lipinski definition) is 1. The topological polar surface area (TPSA) is 12.0 Å². The van der Waals surface area contributed by atoms with Crippen molar-refractivity contribution < 1.29 is 0 Å². The van der Waals surface area contributed by atoms with Crippen LogP contribution in [0.5, 0.6) is 0 Å². The van der Waals surface area contributed by atoms with Gasteiger partial charge in [-0.2, -0.15) is 0 Å². The van der Waals surface area contributed by atoms with Gasteiger partial charge in [0.2, 0.25) is 0 Å². The minimum Gasteiger partial charge on any atom is -0.385 e. The summed E-state index contributed by atoms with van der Waals surface area (Å²) in [6.45, 7) is 8.35. The summed E-state index contributed by atoms with van der Waals surface area (Å²) >= 11 is 3.58. The normalized spacial score (nSPS) is 23.4. The standard InChI is InChI=1S/C14H21BrNSi/c1-4-17(5-2)14(3)9-11-8-12(15)6-7-13(11)16-10-14/h6-8,16H,4-5,9-10H2,1-3H3. The molecule has 0 saturated heterocycles. The van der Waals surface area contributed by atoms with Crippen molar-refractivity contribution >= 4 is 30.4 Å². The molecule has 0 amide bonds. The van der Waals surface area contributed by atoms with Crippen molar-refractivity contribution in [1.29, 1.82) is 0 Å². The van der Waals surface area contributed by atoms with Gasteiger partial charge in [0, 0.05) is 16.7 Å². The summed E-state index contributed by atoms with van der Waals surface area (Å²) in [6.07, 6.45) is 1.24. The highest BCUT2D eigenvalue weighted by atomic mass is 79.9. The Morgan fingerprint density at radius 2 is 2.06 bits per heavy atom. The van der Waals surface area contributed by atoms with E-state index in [1.54, 1.807) is 0 Å². The molecule has 0 saturated carbocycles. The zero-order chi connectivity index (χ0) is 12.5. The van der Waals surface area contributed by atoms with Crippen LogP contribution in [0.15, 0.2) is 22.7 Å². The third-order valence-electron chi connectivity index (χ3n) is 4.02. The largest absolute Gasteiger partial charge is 0.385 e. The number of rotatable bonds is 3. The van der Waals surface area contributed by atoms with Crippen LogP contribution in [0.25, 0.3) is 0 Å². The Morgan fingerprint density at radius 3 is 2.71 bits per heavy atom. The third kappa shape index (κ3) is 2.60. The molecule has 1 atom stereocenters. The smallest absolute Gasteiger partial charge is 0.0563 e. The van der Waals surface area contributed by atoms with Gasteiger partial charge in [0.25, 0.3) is 0 Å². The van der Waals surface area contributed by atoms with Gasteiger partial charge in [-0.3, -0.25) is 0 Å². The molecule has 1 aliphatic rings. The number of hydrogen-bond acceptors (Lipinski definition) is 1. The fourth-order valence-corrected chi connectivity index (χ4v) is 6.40. The van der Waals surface area contributed by atoms with Crippen molar-refractivity contribution in [3.8, 4) is 0 Å². The fraction of sp³-hybridized carbons (Fsp3) is 0.571. The zero-order valence-corrected chi connectivity index (χ0v) is 13.5. The van der Waals surface area contributed by atoms with Gasteiger partial charge in [0.05, 0.1) is 8.80 Å². The molecule has 1 unspecified atom stereocenters. The monoisotopic (exact) mass is 310 g/mol. The predicted octanol–water partition coefficient (Wildman–Crippen LogP) is 4.71. The fourth-order valence-electron chi connectivity index (χ4n) is 3.01. The van der Waals surface area contributed by atoms with E-state index < -0.39 is 0 Å². The molecule has 1 heterocycles. The van der Waals surface area contributed by atoms with Gasteiger partial charge in [-0.25, -0.2) is 0 Å². The maximum atomic E-state index is 3.63. The van der Waals surface area contributed by atoms with Gasteiger partial charge < -0.3 is 5.32 Å². The second-order valence-electron chi connectivity index (χ2n) is 5.20. The number of halogens is 1. The van der Waals surface area contributed by atoms with E-state index in [1.807, 2.05) is 0 Å². The van der Waals surface area contributed by atoms with Crippen LogP contribution in [0.2, 0.25) is 17.1 Å². The lowest BCUT2D eigenvalue weighted by Gasteiger charge is -2.40. The molecule has 1 nitrogen and oxygen atoms in total. The van der Waals surface area contributed by atoms with E-state index in [-0.39, 0.29) is 8.80 Å². The molecule has 0 bridgehead atoms. The van der Waals surface area contributed by atoms with Crippen LogP contribution in [-0.2, 0) is 6.42 Å². The Bertz CT molecular complexity index is 403. The molecule has 17 heavy (non-hydrogen) atoms. The Labute approximate surface area is 115 Å². The first-order chi connectivity index (χ1) is 8.09. The van der Waals surface area contributed by atoms with Gasteiger partial charge in [0.15, 0.2) is 0 Å². The molecule has 1 radical (unpaired) electrons. The van der Waals surface area contributed by atoms with E-state index in [4.69, 9.17) is 0 Å². The Balaban J connectivity index is 2.27. The summed E-state index contributed by atoms with van der Waals surface area (Å²) in [5.74, 6) is 0. The molecule has 0 aromatic heterocycles. The number of anilines is 1. The molecular formula is C14H21BrNSi. The zero-order valence-electron chi connectivity index (χ0n) is 10.9. The summed E-state index contributed by atoms with van der Waals surface area (Å²) in [7, 11) is -0.255. The maximum absolute atomic E-state index is 3.63. The highest BCUT2D eigenvalue weighted by Crippen LogP contribution is 2.43. The average molecular weight is 311 g/mol. The first-order valence-corrected chi connectivity index (χ1v) is 9.17. The van der Waals surface area contributed by atoms with Gasteiger partial charge in [0.1, 0.15) is 0 Å². The minimum absolute atomic E-state index is 0.255. The molecule has 0 spiro atoms. The van der Waals surface area contributed by atoms with Gasteiger partial charge in [-0.15, -0.1) is 0 Å². The van der Waals surface area contributed by atoms with Crippen molar-refractivity contribution in [2.45, 2.75) is 44.3 Å². The number of fused-ring (bicyclic) bond motifs is 1. The van der Waals surface area contributed by atoms with Gasteiger partial charge in [-0.05, 0) is 35.2 Å². The molecule has 93 valence electrons. The van der Waals surface area contributed by atoms with Crippen molar-refractivity contribution in [2.75, 3.05) is 11.9 Å². The third-order valence-corrected chi connectivity index (χ3v) is 8.29. The number of benzene rings is 1. The summed E-state index contributed by atoms with van der Waals surface area (Å²) in [6, 6.07) is 9.36. The highest BCUT2D eigenvalue weighted by molar-refractivity contribution is 9.10. The molecule has 0 aliphatic carbocycles. The highest BCUT2D eigenvalue weighted by Gasteiger charge is 2.36. The van der Waals surface area contributed by atoms with Crippen molar-refractivity contribution in [1.82, 2.24) is 0 Å². The SMILES string of the molecule is CC[Si](CC)C1(C)CNc2ccc(Br)cc2C1. The van der Waals surface area contributed by atoms with Crippen LogP contribution in [0.3, 0.4) is 0 Å². The number of nitrogens with one attached hydrogen (secondary N) is 1. The van der Waals surface area contributed by atoms with Crippen LogP contribution < -0.4 is 5.32 Å². The summed E-state index contributed by atoms with van der Waals surface area (Å²) in [4.78, 5) is 0. The predicted molar refractivity (Wildman–Crippen MR) is 81.4 cm³/mol. The summed E-state index contributed by atoms with van der Waals surface area (Å²) < 4.78 is 1.20. The maximum Gasteiger partial charge on any atom is 0.0563 e. The van der Waals surface area contributed by atoms with Crippen molar-refractivity contribution in [3.05, 3.63) is 28.2 Å². The van der Waals surface area contributed by atoms with E-state index in [2.05, 4.69) is 60.2 Å². The van der Waals surface area contributed by atoms with Gasteiger partial charge >= 0.3 is 0 Å². The average Bonchev–Trinajstić information content (AvgIpc) is 2.29. The van der Waals surface area contributed by atoms with Crippen LogP contribution in [-0.4, -0.2) is 15.3 Å². The second-order valence-corrected chi connectivity index (χ2v) is 9.95. The molecule has 1 N–H and O–H groups in total. The molecular weight excluding hydrogens is 290 g/mol. The second kappa shape index (κ2) is 5.15. The lowest BCUT2D eigenvalue weighted by Crippen LogP contribution is -2.39. The summed E-state index contributed by atoms with van der Waals surface area (Å²) in [5, 5.41) is 4.14. The lowest BCUT2D eigenvalue weighted by molar-refractivity contribution is 0.596. The first-order valence-electron chi connectivity index (χ1n) is 6.46. The Morgan fingerprint density at radius 1 is 1.35 bits per heavy atom. The van der Waals surface area contributed by atoms with Crippen LogP contribution in [0.4, 0.5) is 5.69 Å². The molecule has 2 rings (SSSR count). The quantitative estimate of drug-likeness (QED) is 0.797. The van der Waals surface area contributed by atoms with Crippen molar-refractivity contribution in [2.24, 2.45) is 0 Å². The van der Waals surface area contributed by atoms with Gasteiger partial charge in [-0.1, -0.05) is 48.8 Å². The minimum atomic E-state index is -0.255. The van der Waals surface area contributed by atoms with E-state index in [0.29, 0.717) is 5.04 Å². The van der Waals surface area contributed by atoms with Crippen LogP contribution in [0, 0.1) is 0 Å². The van der Waals surface area contributed by atoms with Crippen LogP contribution >= 0.6 is 15.9 Å². The van der Waals surface area contributed by atoms with E-state index >= 15 is 0 Å². The molecule has 3 heteroatoms. The van der Waals surface area contributed by atoms with E-state index in [9.17, 15) is 0 Å². The molecule has 0 fully saturated rings. The Hall–Kier alpha value is -0.283. The molecule has 1 aromatic rings. The first kappa shape index (κ1) is 13.2. The lowest BCUT2D eigenvalue weighted by atomic mass is 9.94. The van der Waals surface area contributed by atoms with Crippen LogP contribution in [0.1, 0.15) is 26.3 Å². The van der Waals surface area contributed by atoms with E-state index in [1.165, 1.54) is 34.2 Å². The summed E-state index contributed by atoms with van der Waals surface area (Å²) in [5.41, 5.74) is 2.82.